The second-order valence-electron chi connectivity index (χ2n) is 5.24. The molecule has 0 heterocycles. The molecular formula is C14H19BrFNO2S. The summed E-state index contributed by atoms with van der Waals surface area (Å²) in [5, 5.41) is 0.888. The van der Waals surface area contributed by atoms with Crippen LogP contribution in [-0.4, -0.2) is 20.3 Å². The van der Waals surface area contributed by atoms with Gasteiger partial charge in [-0.3, -0.25) is 0 Å². The smallest absolute Gasteiger partial charge is 0.211 e. The largest absolute Gasteiger partial charge is 0.243 e. The third kappa shape index (κ3) is 3.80. The molecule has 1 aliphatic rings. The van der Waals surface area contributed by atoms with Crippen molar-refractivity contribution in [1.29, 1.82) is 0 Å². The number of nitrogens with one attached hydrogen (secondary N) is 1. The monoisotopic (exact) mass is 363 g/mol. The zero-order valence-electron chi connectivity index (χ0n) is 11.2. The maximum Gasteiger partial charge on any atom is 0.243 e. The summed E-state index contributed by atoms with van der Waals surface area (Å²) in [5.74, 6) is 0.109. The van der Waals surface area contributed by atoms with Crippen LogP contribution in [0.25, 0.3) is 0 Å². The van der Waals surface area contributed by atoms with Crippen molar-refractivity contribution in [2.45, 2.75) is 30.6 Å². The fourth-order valence-electron chi connectivity index (χ4n) is 2.71. The summed E-state index contributed by atoms with van der Waals surface area (Å²) in [6, 6.07) is 5.47. The molecule has 0 amide bonds. The van der Waals surface area contributed by atoms with Gasteiger partial charge in [0.05, 0.1) is 0 Å². The van der Waals surface area contributed by atoms with Crippen molar-refractivity contribution in [2.24, 2.45) is 11.8 Å². The Labute approximate surface area is 128 Å². The van der Waals surface area contributed by atoms with Crippen molar-refractivity contribution in [1.82, 2.24) is 4.72 Å². The predicted octanol–water partition coefficient (Wildman–Crippen LogP) is 3.31. The molecule has 0 bridgehead atoms. The van der Waals surface area contributed by atoms with Gasteiger partial charge < -0.3 is 0 Å². The van der Waals surface area contributed by atoms with E-state index in [0.29, 0.717) is 18.4 Å². The predicted molar refractivity (Wildman–Crippen MR) is 80.8 cm³/mol. The van der Waals surface area contributed by atoms with Crippen molar-refractivity contribution in [3.8, 4) is 0 Å². The molecule has 112 valence electrons. The van der Waals surface area contributed by atoms with Gasteiger partial charge in [-0.25, -0.2) is 17.5 Å². The van der Waals surface area contributed by atoms with Crippen LogP contribution in [0, 0.1) is 17.7 Å². The molecule has 0 radical (unpaired) electrons. The molecule has 1 aromatic carbocycles. The lowest BCUT2D eigenvalue weighted by molar-refractivity contribution is 0.263. The first-order valence-electron chi connectivity index (χ1n) is 6.85. The summed E-state index contributed by atoms with van der Waals surface area (Å²) in [5.41, 5.74) is 0. The summed E-state index contributed by atoms with van der Waals surface area (Å²) in [6.45, 7) is 0.382. The fraction of sp³-hybridized carbons (Fsp3) is 0.571. The summed E-state index contributed by atoms with van der Waals surface area (Å²) < 4.78 is 40.4. The van der Waals surface area contributed by atoms with E-state index >= 15 is 0 Å². The molecule has 0 aliphatic heterocycles. The van der Waals surface area contributed by atoms with Crippen LogP contribution in [-0.2, 0) is 10.0 Å². The Hall–Kier alpha value is -0.460. The Morgan fingerprint density at radius 1 is 1.20 bits per heavy atom. The van der Waals surface area contributed by atoms with E-state index in [4.69, 9.17) is 0 Å². The molecule has 3 nitrogen and oxygen atoms in total. The van der Waals surface area contributed by atoms with Crippen LogP contribution >= 0.6 is 15.9 Å². The van der Waals surface area contributed by atoms with E-state index in [2.05, 4.69) is 20.7 Å². The Kier molecular flexibility index (Phi) is 5.57. The highest BCUT2D eigenvalue weighted by Gasteiger charge is 2.26. The number of benzene rings is 1. The maximum atomic E-state index is 13.6. The quantitative estimate of drug-likeness (QED) is 0.815. The maximum absolute atomic E-state index is 13.6. The van der Waals surface area contributed by atoms with Crippen molar-refractivity contribution < 1.29 is 12.8 Å². The molecule has 1 aliphatic carbocycles. The van der Waals surface area contributed by atoms with Gasteiger partial charge in [0.1, 0.15) is 10.7 Å². The number of sulfonamides is 1. The van der Waals surface area contributed by atoms with E-state index in [9.17, 15) is 12.8 Å². The zero-order chi connectivity index (χ0) is 14.6. The Balaban J connectivity index is 2.04. The highest BCUT2D eigenvalue weighted by molar-refractivity contribution is 9.09. The van der Waals surface area contributed by atoms with E-state index in [-0.39, 0.29) is 4.90 Å². The molecule has 2 atom stereocenters. The lowest BCUT2D eigenvalue weighted by atomic mass is 9.80. The summed E-state index contributed by atoms with van der Waals surface area (Å²) in [4.78, 5) is -0.272. The zero-order valence-corrected chi connectivity index (χ0v) is 13.6. The van der Waals surface area contributed by atoms with Crippen LogP contribution in [0.1, 0.15) is 25.7 Å². The standard InChI is InChI=1S/C14H19BrFNO2S/c15-9-11-5-1-2-6-12(11)10-17-20(18,19)14-8-4-3-7-13(14)16/h3-4,7-8,11-12,17H,1-2,5-6,9-10H2. The topological polar surface area (TPSA) is 46.2 Å². The summed E-state index contributed by atoms with van der Waals surface area (Å²) in [7, 11) is -3.76. The molecule has 20 heavy (non-hydrogen) atoms. The normalized spacial score (nSPS) is 23.7. The van der Waals surface area contributed by atoms with E-state index in [0.717, 1.165) is 30.7 Å². The van der Waals surface area contributed by atoms with Crippen LogP contribution in [0.4, 0.5) is 4.39 Å². The highest BCUT2D eigenvalue weighted by Crippen LogP contribution is 2.31. The average molecular weight is 364 g/mol. The van der Waals surface area contributed by atoms with Gasteiger partial charge in [-0.05, 0) is 36.8 Å². The molecule has 0 saturated heterocycles. The molecule has 2 rings (SSSR count). The van der Waals surface area contributed by atoms with E-state index in [1.54, 1.807) is 0 Å². The van der Waals surface area contributed by atoms with Gasteiger partial charge >= 0.3 is 0 Å². The molecule has 1 saturated carbocycles. The van der Waals surface area contributed by atoms with Crippen molar-refractivity contribution in [3.05, 3.63) is 30.1 Å². The lowest BCUT2D eigenvalue weighted by Crippen LogP contribution is -2.35. The van der Waals surface area contributed by atoms with Gasteiger partial charge in [-0.15, -0.1) is 0 Å². The fourth-order valence-corrected chi connectivity index (χ4v) is 4.74. The van der Waals surface area contributed by atoms with Gasteiger partial charge in [0.15, 0.2) is 0 Å². The minimum Gasteiger partial charge on any atom is -0.211 e. The molecule has 1 fully saturated rings. The summed E-state index contributed by atoms with van der Waals surface area (Å²) in [6.07, 6.45) is 4.48. The number of rotatable bonds is 5. The minimum absolute atomic E-state index is 0.272. The molecule has 0 spiro atoms. The Bertz CT molecular complexity index is 550. The van der Waals surface area contributed by atoms with E-state index in [1.165, 1.54) is 24.6 Å². The van der Waals surface area contributed by atoms with Crippen LogP contribution in [0.15, 0.2) is 29.2 Å². The Morgan fingerprint density at radius 2 is 1.85 bits per heavy atom. The SMILES string of the molecule is O=S(=O)(NCC1CCCCC1CBr)c1ccccc1F. The van der Waals surface area contributed by atoms with Gasteiger partial charge in [-0.2, -0.15) is 0 Å². The van der Waals surface area contributed by atoms with Crippen molar-refractivity contribution in [3.63, 3.8) is 0 Å². The van der Waals surface area contributed by atoms with Crippen LogP contribution in [0.3, 0.4) is 0 Å². The van der Waals surface area contributed by atoms with E-state index < -0.39 is 15.8 Å². The average Bonchev–Trinajstić information content (AvgIpc) is 2.46. The minimum atomic E-state index is -3.76. The van der Waals surface area contributed by atoms with Crippen molar-refractivity contribution in [2.75, 3.05) is 11.9 Å². The molecular weight excluding hydrogens is 345 g/mol. The van der Waals surface area contributed by atoms with Gasteiger partial charge in [-0.1, -0.05) is 40.9 Å². The molecule has 1 N–H and O–H groups in total. The Morgan fingerprint density at radius 3 is 2.50 bits per heavy atom. The summed E-state index contributed by atoms with van der Waals surface area (Å²) >= 11 is 3.49. The number of hydrogen-bond acceptors (Lipinski definition) is 2. The molecule has 1 aromatic rings. The van der Waals surface area contributed by atoms with Crippen LogP contribution in [0.2, 0.25) is 0 Å². The van der Waals surface area contributed by atoms with Gasteiger partial charge in [0.2, 0.25) is 10.0 Å². The second kappa shape index (κ2) is 7.00. The second-order valence-corrected chi connectivity index (χ2v) is 7.62. The molecule has 6 heteroatoms. The van der Waals surface area contributed by atoms with Gasteiger partial charge in [0, 0.05) is 11.9 Å². The first kappa shape index (κ1) is 15.9. The first-order valence-corrected chi connectivity index (χ1v) is 9.45. The number of hydrogen-bond donors (Lipinski definition) is 1. The third-order valence-electron chi connectivity index (χ3n) is 3.93. The third-order valence-corrected chi connectivity index (χ3v) is 6.21. The lowest BCUT2D eigenvalue weighted by Gasteiger charge is -2.30. The van der Waals surface area contributed by atoms with Crippen LogP contribution in [0.5, 0.6) is 0 Å². The molecule has 0 aromatic heterocycles. The van der Waals surface area contributed by atoms with Crippen LogP contribution < -0.4 is 4.72 Å². The van der Waals surface area contributed by atoms with Gasteiger partial charge in [0.25, 0.3) is 0 Å². The number of halogens is 2. The van der Waals surface area contributed by atoms with Crippen molar-refractivity contribution >= 4 is 26.0 Å². The first-order chi connectivity index (χ1) is 9.54. The highest BCUT2D eigenvalue weighted by atomic mass is 79.9. The molecule has 2 unspecified atom stereocenters. The number of alkyl halides is 1. The van der Waals surface area contributed by atoms with E-state index in [1.807, 2.05) is 0 Å².